The van der Waals surface area contributed by atoms with Crippen LogP contribution in [0.1, 0.15) is 23.3 Å². The number of carbonyl (C=O) groups is 1. The van der Waals surface area contributed by atoms with Crippen molar-refractivity contribution in [3.63, 3.8) is 0 Å². The van der Waals surface area contributed by atoms with Crippen LogP contribution in [0, 0.1) is 5.92 Å². The number of primary amides is 1. The number of aromatic nitrogens is 2. The predicted octanol–water partition coefficient (Wildman–Crippen LogP) is 2.12. The maximum Gasteiger partial charge on any atom is 0.266 e. The highest BCUT2D eigenvalue weighted by Gasteiger charge is 2.25. The molecule has 2 heterocycles. The first-order valence-corrected chi connectivity index (χ1v) is 6.53. The molecule has 0 radical (unpaired) electrons. The van der Waals surface area contributed by atoms with Gasteiger partial charge < -0.3 is 5.73 Å². The van der Waals surface area contributed by atoms with E-state index < -0.39 is 5.91 Å². The second kappa shape index (κ2) is 4.00. The van der Waals surface area contributed by atoms with E-state index in [0.29, 0.717) is 11.6 Å². The maximum absolute atomic E-state index is 11.4. The molecule has 1 amide bonds. The van der Waals surface area contributed by atoms with Crippen molar-refractivity contribution in [2.45, 2.75) is 19.4 Å². The molecule has 2 aromatic heterocycles. The average Bonchev–Trinajstić information content (AvgIpc) is 2.82. The molecule has 2 aromatic rings. The van der Waals surface area contributed by atoms with Gasteiger partial charge in [-0.05, 0) is 36.3 Å². The van der Waals surface area contributed by atoms with Crippen molar-refractivity contribution in [1.82, 2.24) is 9.78 Å². The van der Waals surface area contributed by atoms with E-state index >= 15 is 0 Å². The SMILES string of the molecule is NC(=O)c1cc(-c2cccs2)nn1CC1CC1. The van der Waals surface area contributed by atoms with Crippen LogP contribution in [-0.4, -0.2) is 15.7 Å². The van der Waals surface area contributed by atoms with Gasteiger partial charge in [0.15, 0.2) is 0 Å². The summed E-state index contributed by atoms with van der Waals surface area (Å²) < 4.78 is 1.76. The summed E-state index contributed by atoms with van der Waals surface area (Å²) in [4.78, 5) is 12.4. The zero-order valence-electron chi connectivity index (χ0n) is 9.30. The van der Waals surface area contributed by atoms with Gasteiger partial charge in [0.05, 0.1) is 4.88 Å². The predicted molar refractivity (Wildman–Crippen MR) is 66.8 cm³/mol. The summed E-state index contributed by atoms with van der Waals surface area (Å²) in [5, 5.41) is 6.48. The van der Waals surface area contributed by atoms with Crippen LogP contribution in [0.15, 0.2) is 23.6 Å². The normalized spacial score (nSPS) is 15.1. The van der Waals surface area contributed by atoms with Crippen LogP contribution >= 0.6 is 11.3 Å². The second-order valence-corrected chi connectivity index (χ2v) is 5.33. The van der Waals surface area contributed by atoms with Crippen LogP contribution in [0.3, 0.4) is 0 Å². The average molecular weight is 247 g/mol. The van der Waals surface area contributed by atoms with E-state index in [2.05, 4.69) is 5.10 Å². The third-order valence-electron chi connectivity index (χ3n) is 2.93. The van der Waals surface area contributed by atoms with Crippen molar-refractivity contribution < 1.29 is 4.79 Å². The fraction of sp³-hybridized carbons (Fsp3) is 0.333. The molecular weight excluding hydrogens is 234 g/mol. The maximum atomic E-state index is 11.4. The van der Waals surface area contributed by atoms with Gasteiger partial charge in [-0.2, -0.15) is 5.10 Å². The molecule has 5 heteroatoms. The first kappa shape index (κ1) is 10.5. The molecule has 0 saturated heterocycles. The van der Waals surface area contributed by atoms with Crippen molar-refractivity contribution in [3.8, 4) is 10.6 Å². The lowest BCUT2D eigenvalue weighted by Crippen LogP contribution is -2.18. The standard InChI is InChI=1S/C12H13N3OS/c13-12(16)10-6-9(11-2-1-5-17-11)14-15(10)7-8-3-4-8/h1-2,5-6,8H,3-4,7H2,(H2,13,16). The van der Waals surface area contributed by atoms with E-state index in [1.54, 1.807) is 22.1 Å². The molecule has 17 heavy (non-hydrogen) atoms. The van der Waals surface area contributed by atoms with Crippen LogP contribution in [0.25, 0.3) is 10.6 Å². The number of nitrogens with zero attached hydrogens (tertiary/aromatic N) is 2. The molecular formula is C12H13N3OS. The summed E-state index contributed by atoms with van der Waals surface area (Å²) in [6.07, 6.45) is 2.46. The number of rotatable bonds is 4. The van der Waals surface area contributed by atoms with Gasteiger partial charge in [0, 0.05) is 6.54 Å². The summed E-state index contributed by atoms with van der Waals surface area (Å²) in [6.45, 7) is 0.809. The highest BCUT2D eigenvalue weighted by molar-refractivity contribution is 7.13. The molecule has 0 unspecified atom stereocenters. The fourth-order valence-electron chi connectivity index (χ4n) is 1.84. The zero-order valence-corrected chi connectivity index (χ0v) is 10.1. The van der Waals surface area contributed by atoms with E-state index in [0.717, 1.165) is 17.1 Å². The number of thiophene rings is 1. The van der Waals surface area contributed by atoms with Gasteiger partial charge in [-0.25, -0.2) is 0 Å². The third-order valence-corrected chi connectivity index (χ3v) is 3.83. The molecule has 1 fully saturated rings. The molecule has 1 aliphatic rings. The topological polar surface area (TPSA) is 60.9 Å². The smallest absolute Gasteiger partial charge is 0.266 e. The minimum Gasteiger partial charge on any atom is -0.364 e. The quantitative estimate of drug-likeness (QED) is 0.899. The zero-order chi connectivity index (χ0) is 11.8. The molecule has 2 N–H and O–H groups in total. The van der Waals surface area contributed by atoms with E-state index in [1.165, 1.54) is 12.8 Å². The lowest BCUT2D eigenvalue weighted by molar-refractivity contribution is 0.0989. The van der Waals surface area contributed by atoms with E-state index in [4.69, 9.17) is 5.73 Å². The van der Waals surface area contributed by atoms with Crippen LogP contribution in [-0.2, 0) is 6.54 Å². The Morgan fingerprint density at radius 1 is 1.59 bits per heavy atom. The van der Waals surface area contributed by atoms with Crippen molar-refractivity contribution >= 4 is 17.2 Å². The Labute approximate surface area is 103 Å². The van der Waals surface area contributed by atoms with Crippen molar-refractivity contribution in [2.75, 3.05) is 0 Å². The van der Waals surface area contributed by atoms with E-state index in [-0.39, 0.29) is 0 Å². The van der Waals surface area contributed by atoms with E-state index in [1.807, 2.05) is 17.5 Å². The van der Waals surface area contributed by atoms with Crippen LogP contribution < -0.4 is 5.73 Å². The highest BCUT2D eigenvalue weighted by Crippen LogP contribution is 2.32. The monoisotopic (exact) mass is 247 g/mol. The molecule has 0 atom stereocenters. The Kier molecular flexibility index (Phi) is 2.48. The largest absolute Gasteiger partial charge is 0.364 e. The summed E-state index contributed by atoms with van der Waals surface area (Å²) in [6, 6.07) is 5.76. The molecule has 0 aromatic carbocycles. The summed E-state index contributed by atoms with van der Waals surface area (Å²) in [5.41, 5.74) is 6.74. The van der Waals surface area contributed by atoms with Crippen LogP contribution in [0.5, 0.6) is 0 Å². The Morgan fingerprint density at radius 2 is 2.41 bits per heavy atom. The van der Waals surface area contributed by atoms with Gasteiger partial charge >= 0.3 is 0 Å². The second-order valence-electron chi connectivity index (χ2n) is 4.38. The lowest BCUT2D eigenvalue weighted by atomic mass is 10.3. The molecule has 3 rings (SSSR count). The summed E-state index contributed by atoms with van der Waals surface area (Å²) in [7, 11) is 0. The fourth-order valence-corrected chi connectivity index (χ4v) is 2.53. The Balaban J connectivity index is 1.97. The van der Waals surface area contributed by atoms with E-state index in [9.17, 15) is 4.79 Å². The molecule has 88 valence electrons. The van der Waals surface area contributed by atoms with Crippen molar-refractivity contribution in [2.24, 2.45) is 11.7 Å². The summed E-state index contributed by atoms with van der Waals surface area (Å²) >= 11 is 1.62. The first-order chi connectivity index (χ1) is 8.24. The summed E-state index contributed by atoms with van der Waals surface area (Å²) in [5.74, 6) is 0.269. The number of nitrogens with two attached hydrogens (primary N) is 1. The Bertz CT molecular complexity index is 540. The van der Waals surface area contributed by atoms with Gasteiger partial charge in [0.2, 0.25) is 0 Å². The Hall–Kier alpha value is -1.62. The minimum absolute atomic E-state index is 0.402. The van der Waals surface area contributed by atoms with Gasteiger partial charge in [-0.3, -0.25) is 9.48 Å². The number of amides is 1. The lowest BCUT2D eigenvalue weighted by Gasteiger charge is -2.02. The molecule has 0 bridgehead atoms. The van der Waals surface area contributed by atoms with Gasteiger partial charge in [-0.15, -0.1) is 11.3 Å². The number of hydrogen-bond donors (Lipinski definition) is 1. The van der Waals surface area contributed by atoms with Gasteiger partial charge in [0.25, 0.3) is 5.91 Å². The number of carbonyl (C=O) groups excluding carboxylic acids is 1. The molecule has 1 saturated carbocycles. The highest BCUT2D eigenvalue weighted by atomic mass is 32.1. The third kappa shape index (κ3) is 2.10. The van der Waals surface area contributed by atoms with Crippen molar-refractivity contribution in [1.29, 1.82) is 0 Å². The van der Waals surface area contributed by atoms with Gasteiger partial charge in [-0.1, -0.05) is 6.07 Å². The number of hydrogen-bond acceptors (Lipinski definition) is 3. The van der Waals surface area contributed by atoms with Gasteiger partial charge in [0.1, 0.15) is 11.4 Å². The first-order valence-electron chi connectivity index (χ1n) is 5.65. The minimum atomic E-state index is -0.402. The molecule has 4 nitrogen and oxygen atoms in total. The van der Waals surface area contributed by atoms with Crippen LogP contribution in [0.2, 0.25) is 0 Å². The Morgan fingerprint density at radius 3 is 3.00 bits per heavy atom. The van der Waals surface area contributed by atoms with Crippen LogP contribution in [0.4, 0.5) is 0 Å². The molecule has 1 aliphatic carbocycles. The molecule has 0 aliphatic heterocycles. The van der Waals surface area contributed by atoms with Crippen molar-refractivity contribution in [3.05, 3.63) is 29.3 Å². The molecule has 0 spiro atoms.